The lowest BCUT2D eigenvalue weighted by atomic mass is 9.88. The number of hydrogen-bond acceptors (Lipinski definition) is 5. The number of carbonyl (C=O) groups excluding carboxylic acids is 2. The van der Waals surface area contributed by atoms with Crippen LogP contribution in [-0.4, -0.2) is 32.1 Å². The molecule has 0 aromatic heterocycles. The molecule has 196 valence electrons. The maximum atomic E-state index is 13.9. The molecule has 1 fully saturated rings. The molecule has 0 spiro atoms. The Morgan fingerprint density at radius 3 is 2.63 bits per heavy atom. The molecular formula is C32H34N2O4. The fourth-order valence-electron chi connectivity index (χ4n) is 5.05. The van der Waals surface area contributed by atoms with Crippen LogP contribution in [0.2, 0.25) is 0 Å². The molecule has 1 saturated carbocycles. The van der Waals surface area contributed by atoms with Crippen LogP contribution in [0.1, 0.15) is 44.6 Å². The maximum absolute atomic E-state index is 13.9. The van der Waals surface area contributed by atoms with Crippen molar-refractivity contribution < 1.29 is 20.4 Å². The summed E-state index contributed by atoms with van der Waals surface area (Å²) in [5.74, 6) is 0.277. The second-order valence-corrected chi connectivity index (χ2v) is 9.73. The van der Waals surface area contributed by atoms with E-state index >= 15 is 0 Å². The number of rotatable bonds is 7. The third kappa shape index (κ3) is 6.08. The second kappa shape index (κ2) is 12.0. The minimum atomic E-state index is -0.913. The van der Waals surface area contributed by atoms with Crippen molar-refractivity contribution in [3.8, 4) is 16.9 Å². The summed E-state index contributed by atoms with van der Waals surface area (Å²) in [6.07, 6.45) is 7.91. The molecular weight excluding hydrogens is 476 g/mol. The third-order valence-corrected chi connectivity index (χ3v) is 7.13. The van der Waals surface area contributed by atoms with Crippen LogP contribution in [0, 0.1) is 5.92 Å². The molecule has 3 aromatic carbocycles. The molecule has 0 saturated heterocycles. The average Bonchev–Trinajstić information content (AvgIpc) is 3.00. The van der Waals surface area contributed by atoms with Gasteiger partial charge in [0.25, 0.3) is 0 Å². The van der Waals surface area contributed by atoms with Gasteiger partial charge in [-0.3, -0.25) is 4.79 Å². The van der Waals surface area contributed by atoms with E-state index in [1.54, 1.807) is 11.0 Å². The van der Waals surface area contributed by atoms with E-state index in [1.807, 2.05) is 60.7 Å². The molecule has 1 amide bonds. The first kappa shape index (κ1) is 24.3. The highest BCUT2D eigenvalue weighted by Crippen LogP contribution is 2.33. The Morgan fingerprint density at radius 1 is 1.05 bits per heavy atom. The minimum absolute atomic E-state index is 0.0211. The summed E-state index contributed by atoms with van der Waals surface area (Å²) in [7, 11) is 1.33. The van der Waals surface area contributed by atoms with Gasteiger partial charge in [-0.2, -0.15) is 0 Å². The van der Waals surface area contributed by atoms with Crippen LogP contribution in [0.3, 0.4) is 0 Å². The molecule has 1 aliphatic heterocycles. The van der Waals surface area contributed by atoms with Crippen molar-refractivity contribution in [2.75, 3.05) is 30.5 Å². The Morgan fingerprint density at radius 2 is 1.84 bits per heavy atom. The van der Waals surface area contributed by atoms with E-state index in [0.717, 1.165) is 72.3 Å². The quantitative estimate of drug-likeness (QED) is 0.291. The lowest BCUT2D eigenvalue weighted by molar-refractivity contribution is -0.134. The first-order valence-corrected chi connectivity index (χ1v) is 13.3. The van der Waals surface area contributed by atoms with E-state index < -0.39 is 12.5 Å². The zero-order valence-electron chi connectivity index (χ0n) is 22.7. The van der Waals surface area contributed by atoms with Crippen molar-refractivity contribution in [3.05, 3.63) is 83.9 Å². The normalized spacial score (nSPS) is 16.5. The van der Waals surface area contributed by atoms with Gasteiger partial charge in [-0.1, -0.05) is 61.7 Å². The number of ether oxygens (including phenoxy) is 2. The van der Waals surface area contributed by atoms with E-state index in [9.17, 15) is 11.0 Å². The summed E-state index contributed by atoms with van der Waals surface area (Å²) in [5, 5.41) is 3.34. The van der Waals surface area contributed by atoms with Crippen molar-refractivity contribution in [1.82, 2.24) is 0 Å². The Bertz CT molecular complexity index is 1350. The number of esters is 1. The molecule has 1 aliphatic carbocycles. The number of benzene rings is 3. The summed E-state index contributed by atoms with van der Waals surface area (Å²) in [6, 6.07) is 21.3. The van der Waals surface area contributed by atoms with Gasteiger partial charge in [-0.05, 0) is 65.4 Å². The molecule has 1 N–H and O–H groups in total. The number of fused-ring (bicyclic) bond motifs is 1. The Kier molecular flexibility index (Phi) is 7.66. The van der Waals surface area contributed by atoms with Crippen molar-refractivity contribution in [2.45, 2.75) is 38.6 Å². The third-order valence-electron chi connectivity index (χ3n) is 7.13. The number of nitrogens with zero attached hydrogens (tertiary/aromatic N) is 1. The summed E-state index contributed by atoms with van der Waals surface area (Å²) < 4.78 is 19.7. The Labute approximate surface area is 225 Å². The Hall–Kier alpha value is -4.06. The summed E-state index contributed by atoms with van der Waals surface area (Å²) >= 11 is 0. The van der Waals surface area contributed by atoms with Crippen molar-refractivity contribution in [2.24, 2.45) is 5.92 Å². The summed E-state index contributed by atoms with van der Waals surface area (Å²) in [4.78, 5) is 27.1. The van der Waals surface area contributed by atoms with Gasteiger partial charge < -0.3 is 19.7 Å². The molecule has 5 rings (SSSR count). The number of anilines is 2. The van der Waals surface area contributed by atoms with Crippen LogP contribution < -0.4 is 15.0 Å². The van der Waals surface area contributed by atoms with Crippen LogP contribution >= 0.6 is 0 Å². The predicted octanol–water partition coefficient (Wildman–Crippen LogP) is 6.46. The smallest absolute Gasteiger partial charge is 0.330 e. The van der Waals surface area contributed by atoms with E-state index in [2.05, 4.69) is 11.4 Å². The lowest BCUT2D eigenvalue weighted by Gasteiger charge is -2.30. The van der Waals surface area contributed by atoms with E-state index in [1.165, 1.54) is 13.2 Å². The van der Waals surface area contributed by atoms with Gasteiger partial charge in [0.2, 0.25) is 5.91 Å². The average molecular weight is 512 g/mol. The van der Waals surface area contributed by atoms with Gasteiger partial charge >= 0.3 is 5.97 Å². The Balaban J connectivity index is 1.44. The van der Waals surface area contributed by atoms with E-state index in [4.69, 9.17) is 9.47 Å². The summed E-state index contributed by atoms with van der Waals surface area (Å²) in [5.41, 5.74) is 5.17. The molecule has 1 unspecified atom stereocenters. The maximum Gasteiger partial charge on any atom is 0.330 e. The first-order chi connectivity index (χ1) is 19.0. The number of nitrogens with one attached hydrogen (secondary N) is 1. The van der Waals surface area contributed by atoms with Crippen LogP contribution in [0.25, 0.3) is 17.2 Å². The fourth-order valence-corrected chi connectivity index (χ4v) is 5.05. The van der Waals surface area contributed by atoms with E-state index in [-0.39, 0.29) is 11.8 Å². The topological polar surface area (TPSA) is 67.9 Å². The highest BCUT2D eigenvalue weighted by molar-refractivity contribution is 5.95. The number of amides is 1. The van der Waals surface area contributed by atoms with E-state index in [0.29, 0.717) is 12.3 Å². The molecule has 38 heavy (non-hydrogen) atoms. The summed E-state index contributed by atoms with van der Waals surface area (Å²) in [6.45, 7) is 0.525. The standard InChI is InChI=1S/C32H34N2O4/c1-37-31(35)17-12-23-6-5-9-28(20-23)34(32(36)26-7-3-2-4-8-26)22-24-10-13-25(14-11-24)27-15-16-29-30(21-27)38-19-18-33-29/h5-6,9-17,20-21,26,33H,2-4,7-8,18-19,22H2,1H3/b17-12+/i22D. The predicted molar refractivity (Wildman–Crippen MR) is 151 cm³/mol. The van der Waals surface area contributed by atoms with Crippen molar-refractivity contribution in [3.63, 3.8) is 0 Å². The SMILES string of the molecule is [2H]C(c1ccc(-c2ccc3c(c2)OCCN3)cc1)N(C(=O)C1CCCCC1)c1cccc(/C=C/C(=O)OC)c1. The van der Waals surface area contributed by atoms with Crippen molar-refractivity contribution in [1.29, 1.82) is 0 Å². The number of carbonyl (C=O) groups is 2. The van der Waals surface area contributed by atoms with Gasteiger partial charge in [0.15, 0.2) is 0 Å². The van der Waals surface area contributed by atoms with Crippen molar-refractivity contribution >= 4 is 29.3 Å². The monoisotopic (exact) mass is 511 g/mol. The molecule has 0 radical (unpaired) electrons. The number of hydrogen-bond donors (Lipinski definition) is 1. The first-order valence-electron chi connectivity index (χ1n) is 13.8. The van der Waals surface area contributed by atoms with Gasteiger partial charge in [-0.25, -0.2) is 4.79 Å². The molecule has 1 heterocycles. The molecule has 2 aliphatic rings. The molecule has 0 bridgehead atoms. The second-order valence-electron chi connectivity index (χ2n) is 9.73. The van der Waals surface area contributed by atoms with Crippen LogP contribution in [0.15, 0.2) is 72.8 Å². The van der Waals surface area contributed by atoms with Gasteiger partial charge in [-0.15, -0.1) is 0 Å². The largest absolute Gasteiger partial charge is 0.490 e. The van der Waals surface area contributed by atoms with Crippen LogP contribution in [0.4, 0.5) is 11.4 Å². The minimum Gasteiger partial charge on any atom is -0.490 e. The zero-order valence-corrected chi connectivity index (χ0v) is 21.7. The molecule has 1 atom stereocenters. The van der Waals surface area contributed by atoms with Crippen LogP contribution in [-0.2, 0) is 20.8 Å². The zero-order chi connectivity index (χ0) is 27.2. The molecule has 6 heteroatoms. The fraction of sp³-hybridized carbons (Fsp3) is 0.312. The van der Waals surface area contributed by atoms with Gasteiger partial charge in [0, 0.05) is 24.2 Å². The van der Waals surface area contributed by atoms with Gasteiger partial charge in [0.05, 0.1) is 20.7 Å². The highest BCUT2D eigenvalue weighted by atomic mass is 16.5. The van der Waals surface area contributed by atoms with Crippen LogP contribution in [0.5, 0.6) is 5.75 Å². The highest BCUT2D eigenvalue weighted by Gasteiger charge is 2.27. The molecule has 6 nitrogen and oxygen atoms in total. The lowest BCUT2D eigenvalue weighted by Crippen LogP contribution is -2.36. The number of methoxy groups -OCH3 is 1. The molecule has 3 aromatic rings. The van der Waals surface area contributed by atoms with Gasteiger partial charge in [0.1, 0.15) is 12.4 Å².